The maximum atomic E-state index is 5.58. The summed E-state index contributed by atoms with van der Waals surface area (Å²) in [5.41, 5.74) is 9.08. The van der Waals surface area contributed by atoms with Gasteiger partial charge >= 0.3 is 0 Å². The lowest BCUT2D eigenvalue weighted by Gasteiger charge is -2.19. The molecule has 2 N–H and O–H groups in total. The van der Waals surface area contributed by atoms with Crippen LogP contribution in [0.2, 0.25) is 0 Å². The molecule has 0 aliphatic carbocycles. The predicted molar refractivity (Wildman–Crippen MR) is 83.6 cm³/mol. The third-order valence-corrected chi connectivity index (χ3v) is 3.88. The van der Waals surface area contributed by atoms with Crippen molar-refractivity contribution >= 4 is 34.2 Å². The van der Waals surface area contributed by atoms with Crippen molar-refractivity contribution in [2.24, 2.45) is 5.73 Å². The number of benzene rings is 1. The summed E-state index contributed by atoms with van der Waals surface area (Å²) in [5, 5.41) is 4.32. The smallest absolute Gasteiger partial charge is 0.103 e. The molecular weight excluding hydrogens is 260 g/mol. The Labute approximate surface area is 117 Å². The van der Waals surface area contributed by atoms with E-state index < -0.39 is 0 Å². The number of thiophene rings is 1. The van der Waals surface area contributed by atoms with E-state index in [2.05, 4.69) is 40.9 Å². The van der Waals surface area contributed by atoms with E-state index in [-0.39, 0.29) is 0 Å². The Morgan fingerprint density at radius 2 is 2.00 bits per heavy atom. The number of hydrogen-bond acceptors (Lipinski definition) is 3. The highest BCUT2D eigenvalue weighted by molar-refractivity contribution is 7.80. The molecule has 2 rings (SSSR count). The van der Waals surface area contributed by atoms with Crippen molar-refractivity contribution in [3.05, 3.63) is 52.2 Å². The van der Waals surface area contributed by atoms with E-state index in [9.17, 15) is 0 Å². The Hall–Kier alpha value is -1.39. The fraction of sp³-hybridized carbons (Fsp3) is 0.214. The number of hydrogen-bond donors (Lipinski definition) is 1. The Morgan fingerprint density at radius 3 is 2.56 bits per heavy atom. The van der Waals surface area contributed by atoms with Crippen LogP contribution in [0.4, 0.5) is 5.69 Å². The second-order valence-electron chi connectivity index (χ2n) is 4.21. The van der Waals surface area contributed by atoms with Gasteiger partial charge in [-0.15, -0.1) is 0 Å². The third kappa shape index (κ3) is 3.31. The molecule has 0 fully saturated rings. The van der Waals surface area contributed by atoms with Gasteiger partial charge in [-0.2, -0.15) is 11.3 Å². The van der Waals surface area contributed by atoms with Gasteiger partial charge in [0.2, 0.25) is 0 Å². The van der Waals surface area contributed by atoms with Gasteiger partial charge in [0.25, 0.3) is 0 Å². The topological polar surface area (TPSA) is 29.3 Å². The lowest BCUT2D eigenvalue weighted by molar-refractivity contribution is 0.879. The van der Waals surface area contributed by atoms with Crippen molar-refractivity contribution in [1.82, 2.24) is 0 Å². The molecule has 1 aromatic heterocycles. The van der Waals surface area contributed by atoms with Crippen molar-refractivity contribution in [3.8, 4) is 0 Å². The first kappa shape index (κ1) is 13.1. The molecule has 0 saturated heterocycles. The van der Waals surface area contributed by atoms with Crippen molar-refractivity contribution in [1.29, 1.82) is 0 Å². The van der Waals surface area contributed by atoms with E-state index in [0.29, 0.717) is 4.99 Å². The molecule has 2 aromatic rings. The average molecular weight is 276 g/mol. The summed E-state index contributed by atoms with van der Waals surface area (Å²) in [4.78, 5) is 2.68. The number of thiocarbonyl (C=S) groups is 1. The Kier molecular flexibility index (Phi) is 4.33. The van der Waals surface area contributed by atoms with Gasteiger partial charge in [-0.05, 0) is 53.1 Å². The molecule has 2 nitrogen and oxygen atoms in total. The zero-order valence-corrected chi connectivity index (χ0v) is 11.9. The highest BCUT2D eigenvalue weighted by atomic mass is 32.1. The standard InChI is InChI=1S/C14H16N2S2/c1-16(8-6-11-7-9-18-10-11)13-4-2-12(3-5-13)14(15)17/h2-5,7,9-10H,6,8H2,1H3,(H2,15,17). The van der Waals surface area contributed by atoms with Crippen molar-refractivity contribution in [2.75, 3.05) is 18.5 Å². The van der Waals surface area contributed by atoms with Gasteiger partial charge < -0.3 is 10.6 Å². The summed E-state index contributed by atoms with van der Waals surface area (Å²) < 4.78 is 0. The fourth-order valence-electron chi connectivity index (χ4n) is 1.74. The first-order valence-corrected chi connectivity index (χ1v) is 7.14. The van der Waals surface area contributed by atoms with Gasteiger partial charge in [0, 0.05) is 24.8 Å². The van der Waals surface area contributed by atoms with Crippen LogP contribution in [-0.2, 0) is 6.42 Å². The second kappa shape index (κ2) is 5.98. The van der Waals surface area contributed by atoms with Crippen LogP contribution in [0.3, 0.4) is 0 Å². The highest BCUT2D eigenvalue weighted by Gasteiger charge is 2.02. The maximum absolute atomic E-state index is 5.58. The van der Waals surface area contributed by atoms with Gasteiger partial charge in [-0.25, -0.2) is 0 Å². The third-order valence-electron chi connectivity index (χ3n) is 2.91. The molecule has 1 heterocycles. The monoisotopic (exact) mass is 276 g/mol. The Bertz CT molecular complexity index is 503. The molecule has 4 heteroatoms. The van der Waals surface area contributed by atoms with Gasteiger partial charge in [0.1, 0.15) is 4.99 Å². The predicted octanol–water partition coefficient (Wildman–Crippen LogP) is 3.06. The van der Waals surface area contributed by atoms with Crippen molar-refractivity contribution < 1.29 is 0 Å². The molecule has 94 valence electrons. The van der Waals surface area contributed by atoms with Crippen LogP contribution >= 0.6 is 23.6 Å². The lowest BCUT2D eigenvalue weighted by atomic mass is 10.2. The molecule has 18 heavy (non-hydrogen) atoms. The molecule has 0 radical (unpaired) electrons. The normalized spacial score (nSPS) is 10.3. The minimum absolute atomic E-state index is 0.447. The van der Waals surface area contributed by atoms with E-state index in [1.165, 1.54) is 11.3 Å². The van der Waals surface area contributed by atoms with Crippen LogP contribution in [0.5, 0.6) is 0 Å². The van der Waals surface area contributed by atoms with Crippen molar-refractivity contribution in [3.63, 3.8) is 0 Å². The summed E-state index contributed by atoms with van der Waals surface area (Å²) in [5.74, 6) is 0. The summed E-state index contributed by atoms with van der Waals surface area (Å²) in [6.45, 7) is 1.00. The van der Waals surface area contributed by atoms with E-state index in [4.69, 9.17) is 18.0 Å². The van der Waals surface area contributed by atoms with Crippen LogP contribution in [-0.4, -0.2) is 18.6 Å². The van der Waals surface area contributed by atoms with E-state index in [1.807, 2.05) is 12.1 Å². The molecule has 0 saturated carbocycles. The van der Waals surface area contributed by atoms with Crippen LogP contribution < -0.4 is 10.6 Å². The number of rotatable bonds is 5. The quantitative estimate of drug-likeness (QED) is 0.851. The van der Waals surface area contributed by atoms with E-state index in [1.54, 1.807) is 11.3 Å². The Balaban J connectivity index is 1.96. The molecular formula is C14H16N2S2. The zero-order valence-electron chi connectivity index (χ0n) is 10.3. The Morgan fingerprint density at radius 1 is 1.28 bits per heavy atom. The molecule has 0 aliphatic heterocycles. The number of nitrogens with two attached hydrogens (primary N) is 1. The molecule has 0 atom stereocenters. The second-order valence-corrected chi connectivity index (χ2v) is 5.43. The summed E-state index contributed by atoms with van der Waals surface area (Å²) in [6, 6.07) is 10.2. The van der Waals surface area contributed by atoms with Crippen molar-refractivity contribution in [2.45, 2.75) is 6.42 Å². The minimum atomic E-state index is 0.447. The number of likely N-dealkylation sites (N-methyl/N-ethyl adjacent to an activating group) is 1. The lowest BCUT2D eigenvalue weighted by Crippen LogP contribution is -2.20. The molecule has 0 amide bonds. The van der Waals surface area contributed by atoms with Crippen LogP contribution in [0, 0.1) is 0 Å². The largest absolute Gasteiger partial charge is 0.389 e. The van der Waals surface area contributed by atoms with Gasteiger partial charge in [0.05, 0.1) is 0 Å². The molecule has 0 spiro atoms. The zero-order chi connectivity index (χ0) is 13.0. The van der Waals surface area contributed by atoms with Crippen LogP contribution in [0.1, 0.15) is 11.1 Å². The average Bonchev–Trinajstić information content (AvgIpc) is 2.89. The number of nitrogens with zero attached hydrogens (tertiary/aromatic N) is 1. The summed E-state index contributed by atoms with van der Waals surface area (Å²) in [7, 11) is 2.10. The van der Waals surface area contributed by atoms with Gasteiger partial charge in [-0.3, -0.25) is 0 Å². The maximum Gasteiger partial charge on any atom is 0.103 e. The van der Waals surface area contributed by atoms with E-state index in [0.717, 1.165) is 18.5 Å². The van der Waals surface area contributed by atoms with E-state index >= 15 is 0 Å². The molecule has 1 aromatic carbocycles. The molecule has 0 bridgehead atoms. The first-order valence-electron chi connectivity index (χ1n) is 5.79. The number of anilines is 1. The van der Waals surface area contributed by atoms with Gasteiger partial charge in [0.15, 0.2) is 0 Å². The highest BCUT2D eigenvalue weighted by Crippen LogP contribution is 2.15. The summed E-state index contributed by atoms with van der Waals surface area (Å²) in [6.07, 6.45) is 1.07. The van der Waals surface area contributed by atoms with Gasteiger partial charge in [-0.1, -0.05) is 12.2 Å². The molecule has 0 unspecified atom stereocenters. The fourth-order valence-corrected chi connectivity index (χ4v) is 2.58. The van der Waals surface area contributed by atoms with Crippen LogP contribution in [0.15, 0.2) is 41.1 Å². The van der Waals surface area contributed by atoms with Crippen LogP contribution in [0.25, 0.3) is 0 Å². The summed E-state index contributed by atoms with van der Waals surface area (Å²) >= 11 is 6.69. The molecule has 0 aliphatic rings. The first-order chi connectivity index (χ1) is 8.66. The SMILES string of the molecule is CN(CCc1ccsc1)c1ccc(C(N)=S)cc1. The minimum Gasteiger partial charge on any atom is -0.389 e.